The fourth-order valence-electron chi connectivity index (χ4n) is 3.23. The first-order valence-electron chi connectivity index (χ1n) is 8.76. The highest BCUT2D eigenvalue weighted by Crippen LogP contribution is 2.35. The van der Waals surface area contributed by atoms with E-state index < -0.39 is 18.3 Å². The molecule has 0 bridgehead atoms. The maximum atomic E-state index is 11.6. The van der Waals surface area contributed by atoms with Crippen LogP contribution in [-0.4, -0.2) is 83.2 Å². The van der Waals surface area contributed by atoms with Crippen LogP contribution in [0.4, 0.5) is 0 Å². The van der Waals surface area contributed by atoms with Crippen LogP contribution in [0.3, 0.4) is 0 Å². The first-order chi connectivity index (χ1) is 12.0. The Hall–Kier alpha value is -1.03. The fourth-order valence-corrected chi connectivity index (χ4v) is 3.23. The lowest BCUT2D eigenvalue weighted by Gasteiger charge is -2.37. The SMILES string of the molecule is C/C(=C\C(=O)NCCO)C[C@@H]1OC[C@H](C[C@@H]2OC2CCO)[C@@H](O)C1O. The van der Waals surface area contributed by atoms with Crippen LogP contribution in [-0.2, 0) is 14.3 Å². The maximum Gasteiger partial charge on any atom is 0.244 e. The molecule has 2 rings (SSSR count). The van der Waals surface area contributed by atoms with Crippen LogP contribution in [0.25, 0.3) is 0 Å². The molecule has 144 valence electrons. The molecule has 2 saturated heterocycles. The minimum absolute atomic E-state index is 0.0102. The topological polar surface area (TPSA) is 132 Å². The van der Waals surface area contributed by atoms with E-state index in [-0.39, 0.29) is 43.8 Å². The Morgan fingerprint density at radius 2 is 1.92 bits per heavy atom. The fraction of sp³-hybridized carbons (Fsp3) is 0.824. The van der Waals surface area contributed by atoms with Crippen molar-refractivity contribution < 1.29 is 34.7 Å². The molecule has 8 heteroatoms. The van der Waals surface area contributed by atoms with Gasteiger partial charge < -0.3 is 35.2 Å². The first kappa shape index (κ1) is 20.3. The summed E-state index contributed by atoms with van der Waals surface area (Å²) in [5, 5.41) is 40.7. The van der Waals surface area contributed by atoms with Gasteiger partial charge in [0.15, 0.2) is 0 Å². The summed E-state index contributed by atoms with van der Waals surface area (Å²) in [4.78, 5) is 11.6. The van der Waals surface area contributed by atoms with E-state index in [4.69, 9.17) is 19.7 Å². The number of aliphatic hydroxyl groups excluding tert-OH is 4. The number of nitrogens with one attached hydrogen (secondary N) is 1. The zero-order chi connectivity index (χ0) is 18.4. The van der Waals surface area contributed by atoms with E-state index in [1.54, 1.807) is 6.92 Å². The molecule has 1 amide bonds. The van der Waals surface area contributed by atoms with E-state index in [1.807, 2.05) is 0 Å². The second kappa shape index (κ2) is 9.61. The van der Waals surface area contributed by atoms with Crippen LogP contribution in [0.15, 0.2) is 11.6 Å². The monoisotopic (exact) mass is 359 g/mol. The summed E-state index contributed by atoms with van der Waals surface area (Å²) in [6, 6.07) is 0. The average molecular weight is 359 g/mol. The average Bonchev–Trinajstić information content (AvgIpc) is 3.30. The number of carbonyl (C=O) groups is 1. The lowest BCUT2D eigenvalue weighted by atomic mass is 9.86. The van der Waals surface area contributed by atoms with Crippen LogP contribution in [0, 0.1) is 5.92 Å². The third kappa shape index (κ3) is 6.02. The molecule has 2 aliphatic heterocycles. The van der Waals surface area contributed by atoms with Crippen molar-refractivity contribution in [3.8, 4) is 0 Å². The number of epoxide rings is 1. The predicted octanol–water partition coefficient (Wildman–Crippen LogP) is -1.29. The molecule has 2 fully saturated rings. The zero-order valence-electron chi connectivity index (χ0n) is 14.5. The lowest BCUT2D eigenvalue weighted by molar-refractivity contribution is -0.165. The van der Waals surface area contributed by atoms with Gasteiger partial charge in [-0.3, -0.25) is 4.79 Å². The smallest absolute Gasteiger partial charge is 0.244 e. The van der Waals surface area contributed by atoms with Crippen LogP contribution in [0.1, 0.15) is 26.2 Å². The summed E-state index contributed by atoms with van der Waals surface area (Å²) in [7, 11) is 0. The number of carbonyl (C=O) groups excluding carboxylic acids is 1. The van der Waals surface area contributed by atoms with Crippen molar-refractivity contribution in [2.45, 2.75) is 56.7 Å². The van der Waals surface area contributed by atoms with E-state index in [2.05, 4.69) is 5.32 Å². The van der Waals surface area contributed by atoms with Crippen molar-refractivity contribution in [1.82, 2.24) is 5.32 Å². The van der Waals surface area contributed by atoms with E-state index in [0.717, 1.165) is 5.57 Å². The highest BCUT2D eigenvalue weighted by atomic mass is 16.6. The van der Waals surface area contributed by atoms with Gasteiger partial charge in [-0.2, -0.15) is 0 Å². The summed E-state index contributed by atoms with van der Waals surface area (Å²) in [6.45, 7) is 2.21. The minimum atomic E-state index is -1.03. The molecule has 6 atom stereocenters. The van der Waals surface area contributed by atoms with Gasteiger partial charge in [0.2, 0.25) is 5.91 Å². The third-order valence-corrected chi connectivity index (χ3v) is 4.69. The van der Waals surface area contributed by atoms with E-state index in [0.29, 0.717) is 25.9 Å². The molecule has 2 heterocycles. The minimum Gasteiger partial charge on any atom is -0.396 e. The lowest BCUT2D eigenvalue weighted by Crippen LogP contribution is -2.50. The van der Waals surface area contributed by atoms with Crippen molar-refractivity contribution in [1.29, 1.82) is 0 Å². The normalized spacial score (nSPS) is 35.5. The van der Waals surface area contributed by atoms with Gasteiger partial charge in [-0.1, -0.05) is 5.57 Å². The van der Waals surface area contributed by atoms with Gasteiger partial charge in [-0.05, 0) is 26.2 Å². The van der Waals surface area contributed by atoms with Gasteiger partial charge in [0, 0.05) is 25.1 Å². The predicted molar refractivity (Wildman–Crippen MR) is 88.7 cm³/mol. The van der Waals surface area contributed by atoms with Gasteiger partial charge in [0.05, 0.1) is 37.6 Å². The van der Waals surface area contributed by atoms with Crippen LogP contribution < -0.4 is 5.32 Å². The molecule has 8 nitrogen and oxygen atoms in total. The van der Waals surface area contributed by atoms with Crippen molar-refractivity contribution >= 4 is 5.91 Å². The number of hydrogen-bond acceptors (Lipinski definition) is 7. The molecule has 5 N–H and O–H groups in total. The van der Waals surface area contributed by atoms with Crippen molar-refractivity contribution in [3.05, 3.63) is 11.6 Å². The number of rotatable bonds is 9. The molecule has 2 aliphatic rings. The molecule has 0 aromatic heterocycles. The molecule has 0 saturated carbocycles. The second-order valence-electron chi connectivity index (χ2n) is 6.78. The van der Waals surface area contributed by atoms with E-state index in [1.165, 1.54) is 6.08 Å². The summed E-state index contributed by atoms with van der Waals surface area (Å²) in [5.74, 6) is -0.520. The van der Waals surface area contributed by atoms with Gasteiger partial charge in [-0.25, -0.2) is 0 Å². The van der Waals surface area contributed by atoms with E-state index in [9.17, 15) is 15.0 Å². The van der Waals surface area contributed by atoms with Crippen LogP contribution in [0.5, 0.6) is 0 Å². The Kier molecular flexibility index (Phi) is 7.80. The number of aliphatic hydroxyl groups is 4. The Morgan fingerprint density at radius 1 is 1.16 bits per heavy atom. The first-order valence-corrected chi connectivity index (χ1v) is 8.76. The standard InChI is InChI=1S/C17H29NO7/c1-10(7-15(21)18-3-5-20)6-14-17(23)16(22)11(9-24-14)8-13-12(25-13)2-4-19/h7,11-14,16-17,19-20,22-23H,2-6,8-9H2,1H3,(H,18,21)/b10-7+/t11-,12?,13-,14-,16+,17?/m0/s1. The Balaban J connectivity index is 1.79. The Bertz CT molecular complexity index is 470. The number of amides is 1. The summed E-state index contributed by atoms with van der Waals surface area (Å²) in [6.07, 6.45) is 0.459. The van der Waals surface area contributed by atoms with E-state index >= 15 is 0 Å². The van der Waals surface area contributed by atoms with Gasteiger partial charge in [-0.15, -0.1) is 0 Å². The second-order valence-corrected chi connectivity index (χ2v) is 6.78. The van der Waals surface area contributed by atoms with Crippen molar-refractivity contribution in [2.24, 2.45) is 5.92 Å². The molecule has 0 aliphatic carbocycles. The van der Waals surface area contributed by atoms with Crippen molar-refractivity contribution in [2.75, 3.05) is 26.4 Å². The molecule has 2 unspecified atom stereocenters. The summed E-state index contributed by atoms with van der Waals surface area (Å²) >= 11 is 0. The third-order valence-electron chi connectivity index (χ3n) is 4.69. The quantitative estimate of drug-likeness (QED) is 0.256. The Morgan fingerprint density at radius 3 is 2.60 bits per heavy atom. The largest absolute Gasteiger partial charge is 0.396 e. The summed E-state index contributed by atoms with van der Waals surface area (Å²) < 4.78 is 11.1. The molecule has 0 radical (unpaired) electrons. The highest BCUT2D eigenvalue weighted by Gasteiger charge is 2.45. The van der Waals surface area contributed by atoms with Gasteiger partial charge in [0.25, 0.3) is 0 Å². The molecule has 0 aromatic rings. The molecular formula is C17H29NO7. The zero-order valence-corrected chi connectivity index (χ0v) is 14.5. The molecule has 0 aromatic carbocycles. The maximum absolute atomic E-state index is 11.6. The van der Waals surface area contributed by atoms with Gasteiger partial charge in [0.1, 0.15) is 6.10 Å². The summed E-state index contributed by atoms with van der Waals surface area (Å²) in [5.41, 5.74) is 0.721. The number of hydrogen-bond donors (Lipinski definition) is 5. The van der Waals surface area contributed by atoms with Crippen LogP contribution >= 0.6 is 0 Å². The molecular weight excluding hydrogens is 330 g/mol. The molecule has 25 heavy (non-hydrogen) atoms. The van der Waals surface area contributed by atoms with Crippen LogP contribution in [0.2, 0.25) is 0 Å². The Labute approximate surface area is 147 Å². The number of ether oxygens (including phenoxy) is 2. The van der Waals surface area contributed by atoms with Gasteiger partial charge >= 0.3 is 0 Å². The van der Waals surface area contributed by atoms with Crippen molar-refractivity contribution in [3.63, 3.8) is 0 Å². The molecule has 0 spiro atoms. The highest BCUT2D eigenvalue weighted by molar-refractivity contribution is 5.88.